The second kappa shape index (κ2) is 9.21. The molecule has 0 aromatic rings. The number of amides is 2. The molecule has 1 aliphatic carbocycles. The molecule has 0 bridgehead atoms. The second-order valence-electron chi connectivity index (χ2n) is 5.58. The number of carbonyl (C=O) groups excluding carboxylic acids is 2. The van der Waals surface area contributed by atoms with Crippen LogP contribution in [0.1, 0.15) is 39.5 Å². The lowest BCUT2D eigenvalue weighted by molar-refractivity contribution is -0.130. The molecule has 0 atom stereocenters. The molecule has 1 rings (SSSR count). The highest BCUT2D eigenvalue weighted by atomic mass is 79.9. The quantitative estimate of drug-likeness (QED) is 0.719. The third-order valence-electron chi connectivity index (χ3n) is 3.37. The maximum absolute atomic E-state index is 11.9. The van der Waals surface area contributed by atoms with E-state index in [1.807, 2.05) is 18.7 Å². The van der Waals surface area contributed by atoms with E-state index in [4.69, 9.17) is 4.74 Å². The number of carbonyl (C=O) groups is 2. The highest BCUT2D eigenvalue weighted by molar-refractivity contribution is 9.09. The predicted octanol–water partition coefficient (Wildman–Crippen LogP) is 2.53. The first-order valence-electron chi connectivity index (χ1n) is 7.30. The van der Waals surface area contributed by atoms with Crippen LogP contribution >= 0.6 is 15.9 Å². The highest BCUT2D eigenvalue weighted by Crippen LogP contribution is 2.23. The van der Waals surface area contributed by atoms with E-state index in [1.165, 1.54) is 12.8 Å². The topological polar surface area (TPSA) is 58.6 Å². The molecule has 20 heavy (non-hydrogen) atoms. The summed E-state index contributed by atoms with van der Waals surface area (Å²) in [5, 5.41) is 3.04. The Balaban J connectivity index is 2.31. The molecule has 0 saturated heterocycles. The van der Waals surface area contributed by atoms with Crippen LogP contribution in [-0.4, -0.2) is 48.0 Å². The Hall–Kier alpha value is -0.780. The van der Waals surface area contributed by atoms with E-state index >= 15 is 0 Å². The molecule has 6 heteroatoms. The number of alkyl halides is 1. The van der Waals surface area contributed by atoms with Crippen LogP contribution in [0, 0.1) is 5.92 Å². The van der Waals surface area contributed by atoms with Gasteiger partial charge in [-0.05, 0) is 18.8 Å². The minimum atomic E-state index is -0.406. The third-order valence-corrected chi connectivity index (χ3v) is 3.85. The summed E-state index contributed by atoms with van der Waals surface area (Å²) >= 11 is 3.22. The van der Waals surface area contributed by atoms with Gasteiger partial charge in [-0.2, -0.15) is 0 Å². The first-order valence-corrected chi connectivity index (χ1v) is 8.42. The summed E-state index contributed by atoms with van der Waals surface area (Å²) < 4.78 is 5.03. The number of ether oxygens (including phenoxy) is 1. The molecule has 0 spiro atoms. The molecule has 0 aliphatic heterocycles. The molecule has 116 valence electrons. The molecule has 0 unspecified atom stereocenters. The van der Waals surface area contributed by atoms with Crippen LogP contribution in [0.2, 0.25) is 0 Å². The van der Waals surface area contributed by atoms with E-state index < -0.39 is 6.09 Å². The monoisotopic (exact) mass is 348 g/mol. The zero-order chi connectivity index (χ0) is 15.0. The van der Waals surface area contributed by atoms with E-state index in [1.54, 1.807) is 0 Å². The lowest BCUT2D eigenvalue weighted by atomic mass is 10.2. The molecule has 1 aliphatic rings. The van der Waals surface area contributed by atoms with Gasteiger partial charge in [0.25, 0.3) is 0 Å². The summed E-state index contributed by atoms with van der Waals surface area (Å²) in [5.74, 6) is 0.417. The third kappa shape index (κ3) is 6.11. The molecule has 0 heterocycles. The van der Waals surface area contributed by atoms with Gasteiger partial charge in [-0.1, -0.05) is 42.6 Å². The molecule has 5 nitrogen and oxygen atoms in total. The number of hydrogen-bond donors (Lipinski definition) is 1. The summed E-state index contributed by atoms with van der Waals surface area (Å²) in [5.41, 5.74) is 0. The number of rotatable bonds is 7. The second-order valence-corrected chi connectivity index (χ2v) is 6.14. The van der Waals surface area contributed by atoms with Crippen LogP contribution in [0.4, 0.5) is 4.79 Å². The molecule has 0 aromatic heterocycles. The summed E-state index contributed by atoms with van der Waals surface area (Å²) in [7, 11) is 0. The fourth-order valence-electron chi connectivity index (χ4n) is 2.38. The predicted molar refractivity (Wildman–Crippen MR) is 82.0 cm³/mol. The lowest BCUT2D eigenvalue weighted by Crippen LogP contribution is -2.44. The Kier molecular flexibility index (Phi) is 7.95. The Morgan fingerprint density at radius 2 is 2.00 bits per heavy atom. The SMILES string of the molecule is CC(C)COC(=O)NCCN(C(=O)CBr)C1CCCC1. The van der Waals surface area contributed by atoms with Crippen molar-refractivity contribution in [3.63, 3.8) is 0 Å². The van der Waals surface area contributed by atoms with Crippen LogP contribution in [0.25, 0.3) is 0 Å². The highest BCUT2D eigenvalue weighted by Gasteiger charge is 2.25. The van der Waals surface area contributed by atoms with Crippen LogP contribution in [0.3, 0.4) is 0 Å². The minimum absolute atomic E-state index is 0.0919. The van der Waals surface area contributed by atoms with Gasteiger partial charge in [0.1, 0.15) is 0 Å². The van der Waals surface area contributed by atoms with Crippen molar-refractivity contribution < 1.29 is 14.3 Å². The smallest absolute Gasteiger partial charge is 0.407 e. The number of halogens is 1. The van der Waals surface area contributed by atoms with Crippen molar-refractivity contribution in [3.8, 4) is 0 Å². The van der Waals surface area contributed by atoms with Gasteiger partial charge >= 0.3 is 6.09 Å². The Morgan fingerprint density at radius 3 is 2.55 bits per heavy atom. The van der Waals surface area contributed by atoms with Gasteiger partial charge in [-0.25, -0.2) is 4.79 Å². The van der Waals surface area contributed by atoms with Crippen molar-refractivity contribution >= 4 is 27.9 Å². The molecule has 1 fully saturated rings. The first-order chi connectivity index (χ1) is 9.54. The molecule has 0 aromatic carbocycles. The van der Waals surface area contributed by atoms with Gasteiger partial charge in [0.2, 0.25) is 5.91 Å². The lowest BCUT2D eigenvalue weighted by Gasteiger charge is -2.28. The Labute approximate surface area is 129 Å². The number of nitrogens with one attached hydrogen (secondary N) is 1. The van der Waals surface area contributed by atoms with Gasteiger partial charge in [0.05, 0.1) is 11.9 Å². The van der Waals surface area contributed by atoms with Gasteiger partial charge < -0.3 is 15.0 Å². The zero-order valence-corrected chi connectivity index (χ0v) is 13.9. The van der Waals surface area contributed by atoms with E-state index in [2.05, 4.69) is 21.2 Å². The number of nitrogens with zero attached hydrogens (tertiary/aromatic N) is 1. The zero-order valence-electron chi connectivity index (χ0n) is 12.4. The molecule has 0 radical (unpaired) electrons. The van der Waals surface area contributed by atoms with Crippen LogP contribution < -0.4 is 5.32 Å². The fraction of sp³-hybridized carbons (Fsp3) is 0.857. The van der Waals surface area contributed by atoms with Crippen molar-refractivity contribution in [2.45, 2.75) is 45.6 Å². The molecular weight excluding hydrogens is 324 g/mol. The van der Waals surface area contributed by atoms with Crippen molar-refractivity contribution in [3.05, 3.63) is 0 Å². The molecule has 2 amide bonds. The maximum atomic E-state index is 11.9. The van der Waals surface area contributed by atoms with Gasteiger partial charge in [0, 0.05) is 19.1 Å². The minimum Gasteiger partial charge on any atom is -0.449 e. The summed E-state index contributed by atoms with van der Waals surface area (Å²) in [6.45, 7) is 5.38. The number of hydrogen-bond acceptors (Lipinski definition) is 3. The fourth-order valence-corrected chi connectivity index (χ4v) is 2.70. The van der Waals surface area contributed by atoms with Gasteiger partial charge in [0.15, 0.2) is 0 Å². The van der Waals surface area contributed by atoms with E-state index in [-0.39, 0.29) is 5.91 Å². The maximum Gasteiger partial charge on any atom is 0.407 e. The average Bonchev–Trinajstić information content (AvgIpc) is 2.94. The van der Waals surface area contributed by atoms with E-state index in [0.717, 1.165) is 12.8 Å². The van der Waals surface area contributed by atoms with Crippen molar-refractivity contribution in [1.82, 2.24) is 10.2 Å². The van der Waals surface area contributed by atoms with Crippen LogP contribution in [-0.2, 0) is 9.53 Å². The van der Waals surface area contributed by atoms with Crippen molar-refractivity contribution in [2.24, 2.45) is 5.92 Å². The average molecular weight is 349 g/mol. The summed E-state index contributed by atoms with van der Waals surface area (Å²) in [6, 6.07) is 0.327. The van der Waals surface area contributed by atoms with Gasteiger partial charge in [-0.3, -0.25) is 4.79 Å². The molecule has 1 saturated carbocycles. The van der Waals surface area contributed by atoms with E-state index in [0.29, 0.717) is 37.0 Å². The van der Waals surface area contributed by atoms with Crippen LogP contribution in [0.15, 0.2) is 0 Å². The Bertz CT molecular complexity index is 318. The first kappa shape index (κ1) is 17.3. The van der Waals surface area contributed by atoms with E-state index in [9.17, 15) is 9.59 Å². The van der Waals surface area contributed by atoms with Crippen molar-refractivity contribution in [2.75, 3.05) is 25.0 Å². The standard InChI is InChI=1S/C14H25BrN2O3/c1-11(2)10-20-14(19)16-7-8-17(13(18)9-15)12-5-3-4-6-12/h11-12H,3-10H2,1-2H3,(H,16,19). The molecule has 1 N–H and O–H groups in total. The van der Waals surface area contributed by atoms with Gasteiger partial charge in [-0.15, -0.1) is 0 Å². The normalized spacial score (nSPS) is 15.4. The largest absolute Gasteiger partial charge is 0.449 e. The van der Waals surface area contributed by atoms with Crippen LogP contribution in [0.5, 0.6) is 0 Å². The summed E-state index contributed by atoms with van der Waals surface area (Å²) in [4.78, 5) is 25.2. The number of alkyl carbamates (subject to hydrolysis) is 1. The Morgan fingerprint density at radius 1 is 1.35 bits per heavy atom. The molecular formula is C14H25BrN2O3. The van der Waals surface area contributed by atoms with Crippen molar-refractivity contribution in [1.29, 1.82) is 0 Å². The summed E-state index contributed by atoms with van der Waals surface area (Å²) in [6.07, 6.45) is 4.09.